The van der Waals surface area contributed by atoms with E-state index in [-0.39, 0.29) is 11.8 Å². The summed E-state index contributed by atoms with van der Waals surface area (Å²) < 4.78 is 0. The van der Waals surface area contributed by atoms with Gasteiger partial charge in [-0.3, -0.25) is 4.79 Å². The molecule has 0 aliphatic carbocycles. The van der Waals surface area contributed by atoms with Crippen LogP contribution in [-0.2, 0) is 4.79 Å². The van der Waals surface area contributed by atoms with Crippen LogP contribution in [-0.4, -0.2) is 19.0 Å². The van der Waals surface area contributed by atoms with Gasteiger partial charge >= 0.3 is 0 Å². The second kappa shape index (κ2) is 4.31. The third kappa shape index (κ3) is 1.94. The number of fused-ring (bicyclic) bond motifs is 1. The highest BCUT2D eigenvalue weighted by Gasteiger charge is 2.37. The Kier molecular flexibility index (Phi) is 2.81. The smallest absolute Gasteiger partial charge is 0.232 e. The van der Waals surface area contributed by atoms with Crippen LogP contribution in [0.4, 0.5) is 5.69 Å². The maximum Gasteiger partial charge on any atom is 0.232 e. The van der Waals surface area contributed by atoms with Gasteiger partial charge in [-0.05, 0) is 49.5 Å². The Hall–Kier alpha value is -1.06. The van der Waals surface area contributed by atoms with E-state index < -0.39 is 0 Å². The van der Waals surface area contributed by atoms with Gasteiger partial charge in [0.1, 0.15) is 0 Å². The molecule has 2 aliphatic rings. The fraction of sp³-hybridized carbons (Fsp3) is 0.462. The fourth-order valence-corrected chi connectivity index (χ4v) is 3.08. The molecule has 1 aromatic rings. The largest absolute Gasteiger partial charge is 0.325 e. The normalized spacial score (nSPS) is 24.5. The standard InChI is InChI=1S/C13H15ClN2O/c14-9-1-2-10-11(7-9)16-13(17)12(10)8-3-5-15-6-4-8/h1-2,7-8,12,15H,3-6H2,(H,16,17). The molecule has 1 atom stereocenters. The number of benzene rings is 1. The van der Waals surface area contributed by atoms with Crippen LogP contribution in [0, 0.1) is 5.92 Å². The highest BCUT2D eigenvalue weighted by molar-refractivity contribution is 6.31. The maximum atomic E-state index is 12.1. The molecule has 0 radical (unpaired) electrons. The molecule has 17 heavy (non-hydrogen) atoms. The summed E-state index contributed by atoms with van der Waals surface area (Å²) in [6.07, 6.45) is 2.14. The number of nitrogens with one attached hydrogen (secondary N) is 2. The first kappa shape index (κ1) is 11.1. The van der Waals surface area contributed by atoms with Crippen molar-refractivity contribution < 1.29 is 4.79 Å². The summed E-state index contributed by atoms with van der Waals surface area (Å²) in [4.78, 5) is 12.1. The number of carbonyl (C=O) groups is 1. The van der Waals surface area contributed by atoms with Gasteiger partial charge in [0.05, 0.1) is 5.92 Å². The van der Waals surface area contributed by atoms with Gasteiger partial charge in [0, 0.05) is 10.7 Å². The van der Waals surface area contributed by atoms with Gasteiger partial charge in [-0.2, -0.15) is 0 Å². The van der Waals surface area contributed by atoms with E-state index in [4.69, 9.17) is 11.6 Å². The number of amides is 1. The summed E-state index contributed by atoms with van der Waals surface area (Å²) in [6, 6.07) is 5.70. The van der Waals surface area contributed by atoms with Crippen molar-refractivity contribution in [1.82, 2.24) is 5.32 Å². The average molecular weight is 251 g/mol. The summed E-state index contributed by atoms with van der Waals surface area (Å²) in [5, 5.41) is 6.95. The molecular formula is C13H15ClN2O. The lowest BCUT2D eigenvalue weighted by Gasteiger charge is -2.26. The molecule has 0 aromatic heterocycles. The van der Waals surface area contributed by atoms with Gasteiger partial charge in [0.25, 0.3) is 0 Å². The summed E-state index contributed by atoms with van der Waals surface area (Å²) in [5.41, 5.74) is 2.01. The van der Waals surface area contributed by atoms with E-state index in [2.05, 4.69) is 10.6 Å². The van der Waals surface area contributed by atoms with E-state index in [9.17, 15) is 4.79 Å². The minimum atomic E-state index is 0.0179. The number of rotatable bonds is 1. The van der Waals surface area contributed by atoms with Crippen LogP contribution in [0.15, 0.2) is 18.2 Å². The Bertz CT molecular complexity index is 455. The molecule has 1 unspecified atom stereocenters. The third-order valence-electron chi connectivity index (χ3n) is 3.75. The molecule has 4 heteroatoms. The van der Waals surface area contributed by atoms with E-state index in [0.717, 1.165) is 37.2 Å². The monoisotopic (exact) mass is 250 g/mol. The van der Waals surface area contributed by atoms with Gasteiger partial charge in [0.2, 0.25) is 5.91 Å². The van der Waals surface area contributed by atoms with E-state index in [1.54, 1.807) is 0 Å². The van der Waals surface area contributed by atoms with Crippen molar-refractivity contribution >= 4 is 23.2 Å². The van der Waals surface area contributed by atoms with Gasteiger partial charge in [-0.1, -0.05) is 17.7 Å². The lowest BCUT2D eigenvalue weighted by Crippen LogP contribution is -2.33. The lowest BCUT2D eigenvalue weighted by atomic mass is 9.81. The van der Waals surface area contributed by atoms with Gasteiger partial charge in [-0.15, -0.1) is 0 Å². The molecule has 0 bridgehead atoms. The van der Waals surface area contributed by atoms with Crippen molar-refractivity contribution in [3.05, 3.63) is 28.8 Å². The van der Waals surface area contributed by atoms with Crippen LogP contribution in [0.3, 0.4) is 0 Å². The van der Waals surface area contributed by atoms with Gasteiger partial charge in [0.15, 0.2) is 0 Å². The minimum Gasteiger partial charge on any atom is -0.325 e. The van der Waals surface area contributed by atoms with Crippen LogP contribution in [0.25, 0.3) is 0 Å². The Balaban J connectivity index is 1.93. The third-order valence-corrected chi connectivity index (χ3v) is 3.98. The highest BCUT2D eigenvalue weighted by atomic mass is 35.5. The fourth-order valence-electron chi connectivity index (χ4n) is 2.91. The predicted octanol–water partition coefficient (Wildman–Crippen LogP) is 2.38. The second-order valence-electron chi connectivity index (χ2n) is 4.79. The number of carbonyl (C=O) groups excluding carboxylic acids is 1. The molecule has 2 heterocycles. The van der Waals surface area contributed by atoms with Crippen LogP contribution in [0.1, 0.15) is 24.3 Å². The molecule has 1 fully saturated rings. The average Bonchev–Trinajstić information content (AvgIpc) is 2.65. The molecule has 0 spiro atoms. The number of anilines is 1. The van der Waals surface area contributed by atoms with Crippen LogP contribution in [0.5, 0.6) is 0 Å². The summed E-state index contributed by atoms with van der Waals surface area (Å²) >= 11 is 5.94. The molecule has 1 amide bonds. The van der Waals surface area contributed by atoms with E-state index in [1.807, 2.05) is 18.2 Å². The van der Waals surface area contributed by atoms with E-state index in [0.29, 0.717) is 10.9 Å². The first-order valence-corrected chi connectivity index (χ1v) is 6.44. The predicted molar refractivity (Wildman–Crippen MR) is 68.4 cm³/mol. The van der Waals surface area contributed by atoms with Crippen molar-refractivity contribution in [2.75, 3.05) is 18.4 Å². The molecule has 1 saturated heterocycles. The quantitative estimate of drug-likeness (QED) is 0.804. The van der Waals surface area contributed by atoms with Crippen molar-refractivity contribution in [3.63, 3.8) is 0 Å². The number of halogens is 1. The molecule has 3 nitrogen and oxygen atoms in total. The first-order chi connectivity index (χ1) is 8.25. The molecule has 2 N–H and O–H groups in total. The molecule has 1 aromatic carbocycles. The second-order valence-corrected chi connectivity index (χ2v) is 5.22. The zero-order valence-electron chi connectivity index (χ0n) is 9.50. The van der Waals surface area contributed by atoms with Crippen molar-refractivity contribution in [2.45, 2.75) is 18.8 Å². The molecule has 0 saturated carbocycles. The molecule has 90 valence electrons. The first-order valence-electron chi connectivity index (χ1n) is 6.07. The lowest BCUT2D eigenvalue weighted by molar-refractivity contribution is -0.118. The van der Waals surface area contributed by atoms with Crippen LogP contribution in [0.2, 0.25) is 5.02 Å². The maximum absolute atomic E-state index is 12.1. The van der Waals surface area contributed by atoms with E-state index in [1.165, 1.54) is 0 Å². The van der Waals surface area contributed by atoms with Crippen molar-refractivity contribution in [3.8, 4) is 0 Å². The Labute approximate surface area is 106 Å². The summed E-state index contributed by atoms with van der Waals surface area (Å²) in [7, 11) is 0. The highest BCUT2D eigenvalue weighted by Crippen LogP contribution is 2.41. The SMILES string of the molecule is O=C1Nc2cc(Cl)ccc2C1C1CCNCC1. The van der Waals surface area contributed by atoms with Gasteiger partial charge in [-0.25, -0.2) is 0 Å². The van der Waals surface area contributed by atoms with Crippen molar-refractivity contribution in [1.29, 1.82) is 0 Å². The van der Waals surface area contributed by atoms with Crippen LogP contribution < -0.4 is 10.6 Å². The topological polar surface area (TPSA) is 41.1 Å². The Morgan fingerprint density at radius 3 is 2.76 bits per heavy atom. The van der Waals surface area contributed by atoms with Gasteiger partial charge < -0.3 is 10.6 Å². The number of hydrogen-bond acceptors (Lipinski definition) is 2. The summed E-state index contributed by atoms with van der Waals surface area (Å²) in [5.74, 6) is 0.609. The minimum absolute atomic E-state index is 0.0179. The molecule has 2 aliphatic heterocycles. The number of piperidine rings is 1. The zero-order valence-corrected chi connectivity index (χ0v) is 10.3. The van der Waals surface area contributed by atoms with E-state index >= 15 is 0 Å². The Morgan fingerprint density at radius 1 is 1.24 bits per heavy atom. The molecule has 3 rings (SSSR count). The van der Waals surface area contributed by atoms with Crippen molar-refractivity contribution in [2.24, 2.45) is 5.92 Å². The Morgan fingerprint density at radius 2 is 2.00 bits per heavy atom. The number of hydrogen-bond donors (Lipinski definition) is 2. The summed E-state index contributed by atoms with van der Waals surface area (Å²) in [6.45, 7) is 2.02. The zero-order chi connectivity index (χ0) is 11.8. The molecular weight excluding hydrogens is 236 g/mol. The van der Waals surface area contributed by atoms with Crippen LogP contribution >= 0.6 is 11.6 Å².